The molecule has 0 radical (unpaired) electrons. The van der Waals surface area contributed by atoms with Gasteiger partial charge >= 0.3 is 0 Å². The zero-order valence-corrected chi connectivity index (χ0v) is 15.6. The molecular formula is C18H21BrN4O. The molecule has 2 aromatic carbocycles. The van der Waals surface area contributed by atoms with Crippen LogP contribution in [0.2, 0.25) is 0 Å². The lowest BCUT2D eigenvalue weighted by Crippen LogP contribution is -2.25. The van der Waals surface area contributed by atoms with Crippen LogP contribution in [0, 0.1) is 20.8 Å². The summed E-state index contributed by atoms with van der Waals surface area (Å²) in [4.78, 5) is 16.1. The predicted octanol–water partition coefficient (Wildman–Crippen LogP) is 3.74. The summed E-state index contributed by atoms with van der Waals surface area (Å²) in [5.41, 5.74) is 10.8. The lowest BCUT2D eigenvalue weighted by atomic mass is 10.1. The molecule has 0 spiro atoms. The molecule has 6 heteroatoms. The molecule has 0 unspecified atom stereocenters. The number of nitrogens with two attached hydrogens (primary N) is 1. The van der Waals surface area contributed by atoms with E-state index >= 15 is 0 Å². The summed E-state index contributed by atoms with van der Waals surface area (Å²) in [5, 5.41) is 5.82. The number of hydrogen-bond donors (Lipinski definition) is 3. The van der Waals surface area contributed by atoms with Gasteiger partial charge in [-0.05, 0) is 61.7 Å². The average Bonchev–Trinajstić information content (AvgIpc) is 2.52. The second-order valence-electron chi connectivity index (χ2n) is 5.63. The Balaban J connectivity index is 1.95. The Kier molecular flexibility index (Phi) is 5.98. The van der Waals surface area contributed by atoms with Gasteiger partial charge in [0, 0.05) is 15.8 Å². The van der Waals surface area contributed by atoms with Crippen molar-refractivity contribution in [2.24, 2.45) is 10.7 Å². The van der Waals surface area contributed by atoms with Crippen LogP contribution in [0.4, 0.5) is 11.4 Å². The third-order valence-corrected chi connectivity index (χ3v) is 4.14. The number of nitrogens with one attached hydrogen (secondary N) is 2. The molecule has 4 N–H and O–H groups in total. The number of halogens is 1. The minimum absolute atomic E-state index is 0.0460. The number of benzene rings is 2. The van der Waals surface area contributed by atoms with Gasteiger partial charge in [0.05, 0.1) is 0 Å². The van der Waals surface area contributed by atoms with Crippen LogP contribution in [-0.4, -0.2) is 18.4 Å². The minimum atomic E-state index is -0.221. The van der Waals surface area contributed by atoms with Crippen molar-refractivity contribution >= 4 is 39.2 Å². The van der Waals surface area contributed by atoms with E-state index in [-0.39, 0.29) is 18.4 Å². The largest absolute Gasteiger partial charge is 0.370 e. The van der Waals surface area contributed by atoms with E-state index in [1.54, 1.807) is 0 Å². The molecule has 126 valence electrons. The molecule has 0 heterocycles. The molecule has 0 fully saturated rings. The highest BCUT2D eigenvalue weighted by atomic mass is 79.9. The standard InChI is InChI=1S/C18H21BrN4O/c1-11-5-7-15(8-13(11)3)22-18(20)21-10-17(24)23-16-9-14(19)6-4-12(16)2/h4-9H,10H2,1-3H3,(H,23,24)(H3,20,21,22). The summed E-state index contributed by atoms with van der Waals surface area (Å²) in [6.07, 6.45) is 0. The Morgan fingerprint density at radius 1 is 1.04 bits per heavy atom. The highest BCUT2D eigenvalue weighted by Gasteiger charge is 2.05. The summed E-state index contributed by atoms with van der Waals surface area (Å²) in [6, 6.07) is 11.6. The molecule has 0 aromatic heterocycles. The summed E-state index contributed by atoms with van der Waals surface area (Å²) in [7, 11) is 0. The smallest absolute Gasteiger partial charge is 0.246 e. The maximum absolute atomic E-state index is 12.0. The van der Waals surface area contributed by atoms with E-state index in [0.29, 0.717) is 0 Å². The number of rotatable bonds is 4. The number of nitrogens with zero attached hydrogens (tertiary/aromatic N) is 1. The zero-order chi connectivity index (χ0) is 17.7. The molecule has 2 aromatic rings. The van der Waals surface area contributed by atoms with E-state index in [9.17, 15) is 4.79 Å². The summed E-state index contributed by atoms with van der Waals surface area (Å²) >= 11 is 3.39. The van der Waals surface area contributed by atoms with Crippen LogP contribution in [0.25, 0.3) is 0 Å². The van der Waals surface area contributed by atoms with Crippen molar-refractivity contribution in [3.63, 3.8) is 0 Å². The fraction of sp³-hybridized carbons (Fsp3) is 0.222. The number of aryl methyl sites for hydroxylation is 3. The van der Waals surface area contributed by atoms with Crippen LogP contribution in [0.3, 0.4) is 0 Å². The van der Waals surface area contributed by atoms with Crippen LogP contribution in [0.1, 0.15) is 16.7 Å². The Morgan fingerprint density at radius 3 is 2.46 bits per heavy atom. The molecule has 0 aliphatic heterocycles. The van der Waals surface area contributed by atoms with E-state index in [1.807, 2.05) is 57.2 Å². The molecule has 0 aliphatic carbocycles. The van der Waals surface area contributed by atoms with Gasteiger partial charge in [-0.3, -0.25) is 4.79 Å². The van der Waals surface area contributed by atoms with Crippen LogP contribution in [-0.2, 0) is 4.79 Å². The average molecular weight is 389 g/mol. The minimum Gasteiger partial charge on any atom is -0.370 e. The van der Waals surface area contributed by atoms with Gasteiger partial charge in [0.15, 0.2) is 5.96 Å². The molecule has 1 amide bonds. The maximum Gasteiger partial charge on any atom is 0.246 e. The number of aliphatic imine (C=N–C) groups is 1. The molecule has 0 saturated heterocycles. The molecule has 2 rings (SSSR count). The van der Waals surface area contributed by atoms with Gasteiger partial charge in [0.1, 0.15) is 6.54 Å². The van der Waals surface area contributed by atoms with Crippen LogP contribution in [0.15, 0.2) is 45.9 Å². The number of hydrogen-bond acceptors (Lipinski definition) is 2. The number of amides is 1. The first-order chi connectivity index (χ1) is 11.3. The first-order valence-corrected chi connectivity index (χ1v) is 8.34. The predicted molar refractivity (Wildman–Crippen MR) is 104 cm³/mol. The monoisotopic (exact) mass is 388 g/mol. The quantitative estimate of drug-likeness (QED) is 0.551. The first-order valence-electron chi connectivity index (χ1n) is 7.55. The number of carbonyl (C=O) groups is 1. The molecule has 0 atom stereocenters. The Labute approximate surface area is 150 Å². The topological polar surface area (TPSA) is 79.5 Å². The summed E-state index contributed by atoms with van der Waals surface area (Å²) in [5.74, 6) is -0.0135. The Bertz CT molecular complexity index is 787. The zero-order valence-electron chi connectivity index (χ0n) is 14.0. The number of carbonyl (C=O) groups excluding carboxylic acids is 1. The van der Waals surface area contributed by atoms with Gasteiger partial charge in [-0.1, -0.05) is 28.1 Å². The number of guanidine groups is 1. The van der Waals surface area contributed by atoms with E-state index in [0.717, 1.165) is 27.0 Å². The lowest BCUT2D eigenvalue weighted by molar-refractivity contribution is -0.114. The molecule has 0 aliphatic rings. The number of anilines is 2. The Hall–Kier alpha value is -2.34. The van der Waals surface area contributed by atoms with Gasteiger partial charge < -0.3 is 16.4 Å². The fourth-order valence-electron chi connectivity index (χ4n) is 2.08. The van der Waals surface area contributed by atoms with Gasteiger partial charge in [-0.2, -0.15) is 0 Å². The lowest BCUT2D eigenvalue weighted by Gasteiger charge is -2.09. The summed E-state index contributed by atoms with van der Waals surface area (Å²) < 4.78 is 0.905. The van der Waals surface area contributed by atoms with Crippen molar-refractivity contribution in [1.29, 1.82) is 0 Å². The van der Waals surface area contributed by atoms with Gasteiger partial charge in [0.25, 0.3) is 0 Å². The second kappa shape index (κ2) is 7.97. The van der Waals surface area contributed by atoms with Gasteiger partial charge in [-0.15, -0.1) is 0 Å². The molecular weight excluding hydrogens is 368 g/mol. The summed E-state index contributed by atoms with van der Waals surface area (Å²) in [6.45, 7) is 5.96. The molecule has 5 nitrogen and oxygen atoms in total. The first kappa shape index (κ1) is 18.0. The van der Waals surface area contributed by atoms with E-state index in [2.05, 4.69) is 31.6 Å². The van der Waals surface area contributed by atoms with E-state index < -0.39 is 0 Å². The fourth-order valence-corrected chi connectivity index (χ4v) is 2.44. The van der Waals surface area contributed by atoms with E-state index in [4.69, 9.17) is 5.73 Å². The maximum atomic E-state index is 12.0. The van der Waals surface area contributed by atoms with Gasteiger partial charge in [-0.25, -0.2) is 4.99 Å². The molecule has 0 saturated carbocycles. The van der Waals surface area contributed by atoms with Crippen LogP contribution >= 0.6 is 15.9 Å². The highest BCUT2D eigenvalue weighted by Crippen LogP contribution is 2.20. The van der Waals surface area contributed by atoms with Crippen molar-refractivity contribution in [3.05, 3.63) is 57.6 Å². The van der Waals surface area contributed by atoms with Crippen molar-refractivity contribution < 1.29 is 4.79 Å². The third-order valence-electron chi connectivity index (χ3n) is 3.65. The SMILES string of the molecule is Cc1ccc(NC(N)=NCC(=O)Nc2cc(Br)ccc2C)cc1C. The van der Waals surface area contributed by atoms with Crippen LogP contribution < -0.4 is 16.4 Å². The Morgan fingerprint density at radius 2 is 1.75 bits per heavy atom. The van der Waals surface area contributed by atoms with Crippen LogP contribution in [0.5, 0.6) is 0 Å². The normalized spacial score (nSPS) is 11.2. The van der Waals surface area contributed by atoms with Crippen molar-refractivity contribution in [2.75, 3.05) is 17.2 Å². The second-order valence-corrected chi connectivity index (χ2v) is 6.55. The van der Waals surface area contributed by atoms with Crippen molar-refractivity contribution in [2.45, 2.75) is 20.8 Å². The molecule has 24 heavy (non-hydrogen) atoms. The highest BCUT2D eigenvalue weighted by molar-refractivity contribution is 9.10. The van der Waals surface area contributed by atoms with Crippen molar-refractivity contribution in [3.8, 4) is 0 Å². The third kappa shape index (κ3) is 5.09. The van der Waals surface area contributed by atoms with Gasteiger partial charge in [0.2, 0.25) is 5.91 Å². The van der Waals surface area contributed by atoms with Crippen molar-refractivity contribution in [1.82, 2.24) is 0 Å². The molecule has 0 bridgehead atoms. The van der Waals surface area contributed by atoms with E-state index in [1.165, 1.54) is 5.56 Å².